The van der Waals surface area contributed by atoms with Crippen LogP contribution in [0.2, 0.25) is 0 Å². The first-order valence-corrected chi connectivity index (χ1v) is 7.53. The molecule has 0 heterocycles. The van der Waals surface area contributed by atoms with Crippen LogP contribution in [0.5, 0.6) is 0 Å². The summed E-state index contributed by atoms with van der Waals surface area (Å²) in [6.45, 7) is 13.2. The van der Waals surface area contributed by atoms with E-state index in [1.54, 1.807) is 0 Å². The smallest absolute Gasteiger partial charge is 0.156 e. The van der Waals surface area contributed by atoms with Gasteiger partial charge in [0.05, 0.1) is 0 Å². The molecule has 0 aromatic carbocycles. The maximum Gasteiger partial charge on any atom is 0.156 e. The highest BCUT2D eigenvalue weighted by atomic mass is 16.5. The molecule has 110 valence electrons. The van der Waals surface area contributed by atoms with Gasteiger partial charge in [-0.1, -0.05) is 60.8 Å². The maximum atomic E-state index is 9.46. The Bertz CT molecular complexity index is 218. The summed E-state index contributed by atoms with van der Waals surface area (Å²) in [5, 5.41) is 18.9. The predicted octanol–water partition coefficient (Wildman–Crippen LogP) is 4.35. The van der Waals surface area contributed by atoms with Crippen LogP contribution in [0, 0.1) is 16.7 Å². The Morgan fingerprint density at radius 2 is 1.50 bits per heavy atom. The normalized spacial score (nSPS) is 17.8. The molecule has 0 aliphatic carbocycles. The molecule has 18 heavy (non-hydrogen) atoms. The highest BCUT2D eigenvalue weighted by molar-refractivity contribution is 4.78. The Morgan fingerprint density at radius 1 is 0.944 bits per heavy atom. The summed E-state index contributed by atoms with van der Waals surface area (Å²) in [5.74, 6) is 0.736. The molecule has 2 N–H and O–H groups in total. The summed E-state index contributed by atoms with van der Waals surface area (Å²) in [4.78, 5) is 0. The molecule has 2 unspecified atom stereocenters. The summed E-state index contributed by atoms with van der Waals surface area (Å²) in [6, 6.07) is 0. The van der Waals surface area contributed by atoms with E-state index in [-0.39, 0.29) is 5.41 Å². The molecule has 2 heteroatoms. The second-order valence-electron chi connectivity index (χ2n) is 7.13. The lowest BCUT2D eigenvalue weighted by atomic mass is 9.73. The average Bonchev–Trinajstić information content (AvgIpc) is 2.26. The highest BCUT2D eigenvalue weighted by Gasteiger charge is 2.30. The third-order valence-corrected chi connectivity index (χ3v) is 4.59. The summed E-state index contributed by atoms with van der Waals surface area (Å²) in [7, 11) is 0. The van der Waals surface area contributed by atoms with Gasteiger partial charge in [-0.15, -0.1) is 0 Å². The lowest BCUT2D eigenvalue weighted by Gasteiger charge is -2.34. The van der Waals surface area contributed by atoms with Crippen LogP contribution in [-0.2, 0) is 0 Å². The molecule has 0 spiro atoms. The van der Waals surface area contributed by atoms with Gasteiger partial charge < -0.3 is 10.2 Å². The third-order valence-electron chi connectivity index (χ3n) is 4.59. The second-order valence-corrected chi connectivity index (χ2v) is 7.13. The minimum absolute atomic E-state index is 0.339. The monoisotopic (exact) mass is 258 g/mol. The molecule has 0 aliphatic heterocycles. The van der Waals surface area contributed by atoms with Gasteiger partial charge in [0.2, 0.25) is 0 Å². The number of aliphatic hydroxyl groups excluding tert-OH is 1. The van der Waals surface area contributed by atoms with E-state index in [1.807, 2.05) is 13.8 Å². The van der Waals surface area contributed by atoms with Crippen molar-refractivity contribution in [3.8, 4) is 0 Å². The van der Waals surface area contributed by atoms with E-state index in [2.05, 4.69) is 27.7 Å². The Morgan fingerprint density at radius 3 is 1.83 bits per heavy atom. The molecular weight excluding hydrogens is 224 g/mol. The lowest BCUT2D eigenvalue weighted by molar-refractivity contribution is -0.134. The fourth-order valence-corrected chi connectivity index (χ4v) is 2.60. The summed E-state index contributed by atoms with van der Waals surface area (Å²) >= 11 is 0. The van der Waals surface area contributed by atoms with Crippen molar-refractivity contribution in [2.75, 3.05) is 0 Å². The van der Waals surface area contributed by atoms with Crippen molar-refractivity contribution in [3.63, 3.8) is 0 Å². The first-order chi connectivity index (χ1) is 8.17. The van der Waals surface area contributed by atoms with E-state index in [1.165, 1.54) is 19.3 Å². The van der Waals surface area contributed by atoms with E-state index in [0.29, 0.717) is 5.41 Å². The molecule has 2 nitrogen and oxygen atoms in total. The van der Waals surface area contributed by atoms with Crippen LogP contribution in [0.4, 0.5) is 0 Å². The molecule has 0 aromatic heterocycles. The quantitative estimate of drug-likeness (QED) is 0.636. The molecule has 0 amide bonds. The van der Waals surface area contributed by atoms with Crippen LogP contribution in [-0.4, -0.2) is 16.5 Å². The number of hydrogen-bond donors (Lipinski definition) is 2. The number of aliphatic hydroxyl groups is 2. The van der Waals surface area contributed by atoms with E-state index in [9.17, 15) is 10.2 Å². The van der Waals surface area contributed by atoms with Gasteiger partial charge in [-0.2, -0.15) is 0 Å². The highest BCUT2D eigenvalue weighted by Crippen LogP contribution is 2.37. The van der Waals surface area contributed by atoms with Crippen LogP contribution in [0.3, 0.4) is 0 Å². The van der Waals surface area contributed by atoms with Gasteiger partial charge in [-0.3, -0.25) is 0 Å². The van der Waals surface area contributed by atoms with Crippen molar-refractivity contribution in [3.05, 3.63) is 0 Å². The van der Waals surface area contributed by atoms with Gasteiger partial charge in [0, 0.05) is 5.41 Å². The molecule has 0 fully saturated rings. The van der Waals surface area contributed by atoms with Crippen molar-refractivity contribution in [1.29, 1.82) is 0 Å². The maximum absolute atomic E-state index is 9.46. The molecule has 0 rings (SSSR count). The van der Waals surface area contributed by atoms with E-state index < -0.39 is 6.29 Å². The number of hydrogen-bond acceptors (Lipinski definition) is 2. The minimum atomic E-state index is -1.19. The van der Waals surface area contributed by atoms with E-state index >= 15 is 0 Å². The van der Waals surface area contributed by atoms with E-state index in [0.717, 1.165) is 25.2 Å². The van der Waals surface area contributed by atoms with Gasteiger partial charge in [-0.25, -0.2) is 0 Å². The van der Waals surface area contributed by atoms with Crippen molar-refractivity contribution >= 4 is 0 Å². The van der Waals surface area contributed by atoms with E-state index in [4.69, 9.17) is 0 Å². The van der Waals surface area contributed by atoms with Crippen molar-refractivity contribution in [2.24, 2.45) is 16.7 Å². The first kappa shape index (κ1) is 17.9. The fourth-order valence-electron chi connectivity index (χ4n) is 2.60. The molecule has 0 radical (unpaired) electrons. The van der Waals surface area contributed by atoms with Crippen molar-refractivity contribution < 1.29 is 10.2 Å². The number of rotatable bonds is 8. The van der Waals surface area contributed by atoms with Crippen LogP contribution in [0.1, 0.15) is 80.1 Å². The standard InChI is InChI=1S/C16H34O2/c1-7-10-13(15(3,4)5)11-9-12-16(6,8-2)14(17)18/h13-14,17-18H,7-12H2,1-6H3. The van der Waals surface area contributed by atoms with Gasteiger partial charge in [-0.05, 0) is 30.6 Å². The summed E-state index contributed by atoms with van der Waals surface area (Å²) < 4.78 is 0. The summed E-state index contributed by atoms with van der Waals surface area (Å²) in [5.41, 5.74) is 0.0190. The average molecular weight is 258 g/mol. The molecule has 0 saturated heterocycles. The Kier molecular flexibility index (Phi) is 7.46. The minimum Gasteiger partial charge on any atom is -0.368 e. The molecule has 0 aromatic rings. The van der Waals surface area contributed by atoms with Crippen LogP contribution in [0.25, 0.3) is 0 Å². The lowest BCUT2D eigenvalue weighted by Crippen LogP contribution is -2.31. The Hall–Kier alpha value is -0.0800. The van der Waals surface area contributed by atoms with Crippen molar-refractivity contribution in [2.45, 2.75) is 86.4 Å². The van der Waals surface area contributed by atoms with Crippen molar-refractivity contribution in [1.82, 2.24) is 0 Å². The SMILES string of the molecule is CCCC(CCCC(C)(CC)C(O)O)C(C)(C)C. The van der Waals surface area contributed by atoms with Crippen LogP contribution in [0.15, 0.2) is 0 Å². The molecule has 0 aliphatic rings. The second kappa shape index (κ2) is 7.49. The molecule has 0 saturated carbocycles. The zero-order valence-electron chi connectivity index (χ0n) is 13.3. The van der Waals surface area contributed by atoms with Gasteiger partial charge >= 0.3 is 0 Å². The zero-order valence-corrected chi connectivity index (χ0v) is 13.3. The zero-order chi connectivity index (χ0) is 14.4. The molecule has 0 bridgehead atoms. The largest absolute Gasteiger partial charge is 0.368 e. The predicted molar refractivity (Wildman–Crippen MR) is 78.3 cm³/mol. The fraction of sp³-hybridized carbons (Fsp3) is 1.00. The Labute approximate surface area is 114 Å². The summed E-state index contributed by atoms with van der Waals surface area (Å²) in [6.07, 6.45) is 5.31. The van der Waals surface area contributed by atoms with Crippen LogP contribution < -0.4 is 0 Å². The topological polar surface area (TPSA) is 40.5 Å². The van der Waals surface area contributed by atoms with Gasteiger partial charge in [0.25, 0.3) is 0 Å². The molecule has 2 atom stereocenters. The first-order valence-electron chi connectivity index (χ1n) is 7.53. The third kappa shape index (κ3) is 5.71. The Balaban J connectivity index is 4.29. The molecular formula is C16H34O2. The van der Waals surface area contributed by atoms with Crippen LogP contribution >= 0.6 is 0 Å². The van der Waals surface area contributed by atoms with Gasteiger partial charge in [0.15, 0.2) is 6.29 Å². The van der Waals surface area contributed by atoms with Gasteiger partial charge in [0.1, 0.15) is 0 Å².